The van der Waals surface area contributed by atoms with Crippen LogP contribution in [0.15, 0.2) is 24.3 Å². The van der Waals surface area contributed by atoms with Crippen LogP contribution >= 0.6 is 12.4 Å². The number of carbonyl (C=O) groups is 2. The van der Waals surface area contributed by atoms with Crippen LogP contribution in [-0.4, -0.2) is 24.4 Å². The molecule has 1 aromatic rings. The minimum atomic E-state index is 0. The van der Waals surface area contributed by atoms with E-state index in [1.807, 2.05) is 29.2 Å². The van der Waals surface area contributed by atoms with Crippen LogP contribution in [0.5, 0.6) is 0 Å². The number of hydrogen-bond donors (Lipinski definition) is 2. The van der Waals surface area contributed by atoms with Gasteiger partial charge < -0.3 is 16.0 Å². The lowest BCUT2D eigenvalue weighted by molar-refractivity contribution is -0.119. The van der Waals surface area contributed by atoms with Crippen LogP contribution < -0.4 is 16.0 Å². The van der Waals surface area contributed by atoms with E-state index in [0.717, 1.165) is 50.0 Å². The SMILES string of the molecule is Cl.N[C@@H]1CCC[C@H]1CC(=O)Nc1cccc(N2CCCCC2=O)c1. The zero-order valence-corrected chi connectivity index (χ0v) is 14.7. The molecule has 3 rings (SSSR count). The summed E-state index contributed by atoms with van der Waals surface area (Å²) in [5.41, 5.74) is 7.65. The highest BCUT2D eigenvalue weighted by Gasteiger charge is 2.26. The number of nitrogens with zero attached hydrogens (tertiary/aromatic N) is 1. The average Bonchev–Trinajstić information content (AvgIpc) is 2.93. The molecule has 2 fully saturated rings. The third-order valence-electron chi connectivity index (χ3n) is 4.93. The molecule has 2 amide bonds. The average molecular weight is 352 g/mol. The summed E-state index contributed by atoms with van der Waals surface area (Å²) in [7, 11) is 0. The fraction of sp³-hybridized carbons (Fsp3) is 0.556. The molecule has 1 aliphatic heterocycles. The molecule has 24 heavy (non-hydrogen) atoms. The monoisotopic (exact) mass is 351 g/mol. The second kappa shape index (κ2) is 8.49. The van der Waals surface area contributed by atoms with Crippen molar-refractivity contribution in [1.29, 1.82) is 0 Å². The van der Waals surface area contributed by atoms with E-state index < -0.39 is 0 Å². The van der Waals surface area contributed by atoms with Crippen LogP contribution in [0.1, 0.15) is 44.9 Å². The zero-order chi connectivity index (χ0) is 16.2. The number of hydrogen-bond acceptors (Lipinski definition) is 3. The van der Waals surface area contributed by atoms with E-state index in [4.69, 9.17) is 5.73 Å². The molecule has 5 nitrogen and oxygen atoms in total. The highest BCUT2D eigenvalue weighted by Crippen LogP contribution is 2.28. The lowest BCUT2D eigenvalue weighted by atomic mass is 10.00. The fourth-order valence-electron chi connectivity index (χ4n) is 3.60. The highest BCUT2D eigenvalue weighted by molar-refractivity contribution is 5.96. The van der Waals surface area contributed by atoms with Crippen molar-refractivity contribution in [2.24, 2.45) is 11.7 Å². The molecular formula is C18H26ClN3O2. The summed E-state index contributed by atoms with van der Waals surface area (Å²) in [6, 6.07) is 7.71. The Morgan fingerprint density at radius 3 is 2.79 bits per heavy atom. The van der Waals surface area contributed by atoms with E-state index in [1.54, 1.807) is 0 Å². The molecule has 3 N–H and O–H groups in total. The maximum Gasteiger partial charge on any atom is 0.226 e. The maximum absolute atomic E-state index is 12.2. The molecule has 0 radical (unpaired) electrons. The normalized spacial score (nSPS) is 23.7. The number of benzene rings is 1. The molecule has 1 heterocycles. The molecular weight excluding hydrogens is 326 g/mol. The summed E-state index contributed by atoms with van der Waals surface area (Å²) in [6.45, 7) is 0.757. The van der Waals surface area contributed by atoms with Gasteiger partial charge in [-0.3, -0.25) is 9.59 Å². The van der Waals surface area contributed by atoms with Gasteiger partial charge in [0, 0.05) is 36.8 Å². The molecule has 0 spiro atoms. The van der Waals surface area contributed by atoms with Gasteiger partial charge in [0.25, 0.3) is 0 Å². The van der Waals surface area contributed by atoms with Crippen molar-refractivity contribution in [3.05, 3.63) is 24.3 Å². The maximum atomic E-state index is 12.2. The van der Waals surface area contributed by atoms with Gasteiger partial charge in [0.2, 0.25) is 11.8 Å². The minimum absolute atomic E-state index is 0. The van der Waals surface area contributed by atoms with Gasteiger partial charge in [-0.1, -0.05) is 12.5 Å². The van der Waals surface area contributed by atoms with Crippen LogP contribution in [-0.2, 0) is 9.59 Å². The van der Waals surface area contributed by atoms with Gasteiger partial charge in [0.1, 0.15) is 0 Å². The number of anilines is 2. The van der Waals surface area contributed by atoms with Crippen LogP contribution in [0, 0.1) is 5.92 Å². The summed E-state index contributed by atoms with van der Waals surface area (Å²) < 4.78 is 0. The molecule has 2 aliphatic rings. The second-order valence-electron chi connectivity index (χ2n) is 6.66. The smallest absolute Gasteiger partial charge is 0.226 e. The first-order chi connectivity index (χ1) is 11.1. The zero-order valence-electron chi connectivity index (χ0n) is 13.9. The van der Waals surface area contributed by atoms with Crippen molar-refractivity contribution >= 4 is 35.6 Å². The molecule has 0 aromatic heterocycles. The fourth-order valence-corrected chi connectivity index (χ4v) is 3.60. The van der Waals surface area contributed by atoms with Crippen LogP contribution in [0.3, 0.4) is 0 Å². The van der Waals surface area contributed by atoms with E-state index in [-0.39, 0.29) is 30.3 Å². The first-order valence-electron chi connectivity index (χ1n) is 8.59. The van der Waals surface area contributed by atoms with Crippen molar-refractivity contribution in [3.8, 4) is 0 Å². The first kappa shape index (κ1) is 18.7. The van der Waals surface area contributed by atoms with Crippen LogP contribution in [0.25, 0.3) is 0 Å². The van der Waals surface area contributed by atoms with E-state index in [1.165, 1.54) is 0 Å². The molecule has 2 atom stereocenters. The van der Waals surface area contributed by atoms with Crippen molar-refractivity contribution < 1.29 is 9.59 Å². The van der Waals surface area contributed by atoms with Gasteiger partial charge in [0.15, 0.2) is 0 Å². The molecule has 1 aliphatic carbocycles. The van der Waals surface area contributed by atoms with Crippen molar-refractivity contribution in [3.63, 3.8) is 0 Å². The summed E-state index contributed by atoms with van der Waals surface area (Å²) in [5, 5.41) is 2.95. The van der Waals surface area contributed by atoms with Crippen molar-refractivity contribution in [1.82, 2.24) is 0 Å². The van der Waals surface area contributed by atoms with Gasteiger partial charge in [-0.05, 0) is 49.8 Å². The predicted octanol–water partition coefficient (Wildman–Crippen LogP) is 3.08. The van der Waals surface area contributed by atoms with Crippen LogP contribution in [0.2, 0.25) is 0 Å². The van der Waals surface area contributed by atoms with Gasteiger partial charge in [-0.25, -0.2) is 0 Å². The third kappa shape index (κ3) is 4.48. The first-order valence-corrected chi connectivity index (χ1v) is 8.59. The number of carbonyl (C=O) groups excluding carboxylic acids is 2. The molecule has 0 bridgehead atoms. The standard InChI is InChI=1S/C18H25N3O2.ClH/c19-16-8-3-5-13(16)11-17(22)20-14-6-4-7-15(12-14)21-10-2-1-9-18(21)23;/h4,6-7,12-13,16H,1-3,5,8-11,19H2,(H,20,22);1H/t13-,16+;/m0./s1. The number of halogens is 1. The second-order valence-corrected chi connectivity index (χ2v) is 6.66. The van der Waals surface area contributed by atoms with Gasteiger partial charge in [0.05, 0.1) is 0 Å². The molecule has 1 saturated heterocycles. The highest BCUT2D eigenvalue weighted by atomic mass is 35.5. The summed E-state index contributed by atoms with van der Waals surface area (Å²) in [4.78, 5) is 26.0. The predicted molar refractivity (Wildman–Crippen MR) is 98.5 cm³/mol. The number of nitrogens with two attached hydrogens (primary N) is 1. The Bertz CT molecular complexity index is 593. The molecule has 1 saturated carbocycles. The third-order valence-corrected chi connectivity index (χ3v) is 4.93. The Labute approximate surface area is 149 Å². The number of amides is 2. The van der Waals surface area contributed by atoms with E-state index in [0.29, 0.717) is 18.8 Å². The molecule has 0 unspecified atom stereocenters. The van der Waals surface area contributed by atoms with Gasteiger partial charge >= 0.3 is 0 Å². The largest absolute Gasteiger partial charge is 0.327 e. The topological polar surface area (TPSA) is 75.4 Å². The van der Waals surface area contributed by atoms with Gasteiger partial charge in [-0.2, -0.15) is 0 Å². The summed E-state index contributed by atoms with van der Waals surface area (Å²) in [5.74, 6) is 0.466. The van der Waals surface area contributed by atoms with E-state index >= 15 is 0 Å². The molecule has 1 aromatic carbocycles. The molecule has 6 heteroatoms. The van der Waals surface area contributed by atoms with Crippen LogP contribution in [0.4, 0.5) is 11.4 Å². The molecule has 132 valence electrons. The Morgan fingerprint density at radius 1 is 1.25 bits per heavy atom. The Hall–Kier alpha value is -1.59. The lowest BCUT2D eigenvalue weighted by Crippen LogP contribution is -2.35. The van der Waals surface area contributed by atoms with Crippen molar-refractivity contribution in [2.45, 2.75) is 51.0 Å². The summed E-state index contributed by atoms with van der Waals surface area (Å²) in [6.07, 6.45) is 6.26. The van der Waals surface area contributed by atoms with E-state index in [9.17, 15) is 9.59 Å². The Balaban J connectivity index is 0.00000208. The quantitative estimate of drug-likeness (QED) is 0.875. The Kier molecular flexibility index (Phi) is 6.63. The minimum Gasteiger partial charge on any atom is -0.327 e. The Morgan fingerprint density at radius 2 is 2.08 bits per heavy atom. The van der Waals surface area contributed by atoms with Crippen molar-refractivity contribution in [2.75, 3.05) is 16.8 Å². The van der Waals surface area contributed by atoms with E-state index in [2.05, 4.69) is 5.32 Å². The summed E-state index contributed by atoms with van der Waals surface area (Å²) >= 11 is 0. The lowest BCUT2D eigenvalue weighted by Gasteiger charge is -2.27. The van der Waals surface area contributed by atoms with Gasteiger partial charge in [-0.15, -0.1) is 12.4 Å². The number of rotatable bonds is 4. The number of piperidine rings is 1. The number of nitrogens with one attached hydrogen (secondary N) is 1.